The number of rotatable bonds is 8. The van der Waals surface area contributed by atoms with Crippen molar-refractivity contribution in [3.63, 3.8) is 0 Å². The van der Waals surface area contributed by atoms with Crippen LogP contribution >= 0.6 is 11.6 Å². The monoisotopic (exact) mass is 594 g/mol. The standard InChI is InChI=1S/C30H35ClN6O5/c31-26-17-25(4-1-20(26)18-32)42-24-5-2-21(3-6-24)33-30(40)27-7-8-28(35-34-27)36-15-11-23(12-16-36)41-19-29(39)37-13-9-22(38)10-14-37/h1,4,7-8,17,21,23-24H,2-3,5-6,9-16,19H2,(H,33,40). The molecule has 3 heterocycles. The van der Waals surface area contributed by atoms with Crippen molar-refractivity contribution in [2.24, 2.45) is 0 Å². The van der Waals surface area contributed by atoms with Gasteiger partial charge in [-0.05, 0) is 62.8 Å². The van der Waals surface area contributed by atoms with Gasteiger partial charge in [0.15, 0.2) is 11.5 Å². The molecule has 0 atom stereocenters. The summed E-state index contributed by atoms with van der Waals surface area (Å²) in [4.78, 5) is 40.4. The number of Topliss-reactive ketones (excluding diaryl/α,β-unsaturated/α-hetero) is 1. The van der Waals surface area contributed by atoms with E-state index in [2.05, 4.69) is 20.4 Å². The fourth-order valence-corrected chi connectivity index (χ4v) is 5.80. The zero-order valence-corrected chi connectivity index (χ0v) is 24.2. The summed E-state index contributed by atoms with van der Waals surface area (Å²) in [5, 5.41) is 20.9. The van der Waals surface area contributed by atoms with E-state index in [4.69, 9.17) is 26.3 Å². The van der Waals surface area contributed by atoms with Gasteiger partial charge in [0.2, 0.25) is 5.91 Å². The Kier molecular flexibility index (Phi) is 9.87. The molecule has 0 spiro atoms. The number of hydrogen-bond acceptors (Lipinski definition) is 9. The predicted molar refractivity (Wildman–Crippen MR) is 154 cm³/mol. The quantitative estimate of drug-likeness (QED) is 0.488. The number of nitrogens with zero attached hydrogens (tertiary/aromatic N) is 5. The number of ether oxygens (including phenoxy) is 2. The number of anilines is 1. The zero-order chi connectivity index (χ0) is 29.5. The van der Waals surface area contributed by atoms with Gasteiger partial charge in [-0.15, -0.1) is 10.2 Å². The van der Waals surface area contributed by atoms with Gasteiger partial charge in [-0.25, -0.2) is 0 Å². The van der Waals surface area contributed by atoms with Gasteiger partial charge in [-0.1, -0.05) is 11.6 Å². The third-order valence-corrected chi connectivity index (χ3v) is 8.45. The van der Waals surface area contributed by atoms with Crippen molar-refractivity contribution in [3.8, 4) is 11.8 Å². The second-order valence-corrected chi connectivity index (χ2v) is 11.4. The van der Waals surface area contributed by atoms with Crippen molar-refractivity contribution in [2.75, 3.05) is 37.7 Å². The van der Waals surface area contributed by atoms with E-state index < -0.39 is 0 Å². The molecular weight excluding hydrogens is 560 g/mol. The van der Waals surface area contributed by atoms with Crippen molar-refractivity contribution < 1.29 is 23.9 Å². The highest BCUT2D eigenvalue weighted by molar-refractivity contribution is 6.31. The van der Waals surface area contributed by atoms with Crippen LogP contribution in [0, 0.1) is 11.3 Å². The molecule has 0 radical (unpaired) electrons. The number of likely N-dealkylation sites (tertiary alicyclic amines) is 1. The molecule has 2 aromatic rings. The molecule has 1 aliphatic carbocycles. The molecule has 1 aromatic carbocycles. The largest absolute Gasteiger partial charge is 0.490 e. The zero-order valence-electron chi connectivity index (χ0n) is 23.5. The van der Waals surface area contributed by atoms with Gasteiger partial charge in [0.25, 0.3) is 5.91 Å². The van der Waals surface area contributed by atoms with Crippen LogP contribution in [0.1, 0.15) is 67.4 Å². The molecule has 0 bridgehead atoms. The third-order valence-electron chi connectivity index (χ3n) is 8.14. The Morgan fingerprint density at radius 3 is 2.36 bits per heavy atom. The van der Waals surface area contributed by atoms with Crippen LogP contribution in [-0.4, -0.2) is 83.7 Å². The molecule has 42 heavy (non-hydrogen) atoms. The van der Waals surface area contributed by atoms with E-state index in [1.165, 1.54) is 0 Å². The van der Waals surface area contributed by atoms with Crippen LogP contribution in [-0.2, 0) is 14.3 Å². The summed E-state index contributed by atoms with van der Waals surface area (Å²) in [5.74, 6) is 1.26. The number of carbonyl (C=O) groups excluding carboxylic acids is 3. The first kappa shape index (κ1) is 29.7. The number of ketones is 1. The molecule has 222 valence electrons. The van der Waals surface area contributed by atoms with Crippen molar-refractivity contribution in [2.45, 2.75) is 69.6 Å². The molecular formula is C30H35ClN6O5. The van der Waals surface area contributed by atoms with Gasteiger partial charge < -0.3 is 24.6 Å². The molecule has 5 rings (SSSR count). The average molecular weight is 595 g/mol. The lowest BCUT2D eigenvalue weighted by Gasteiger charge is -2.33. The average Bonchev–Trinajstić information content (AvgIpc) is 3.01. The fraction of sp³-hybridized carbons (Fsp3) is 0.533. The normalized spacial score (nSPS) is 21.5. The molecule has 1 N–H and O–H groups in total. The maximum absolute atomic E-state index is 12.8. The molecule has 11 nitrogen and oxygen atoms in total. The first-order valence-electron chi connectivity index (χ1n) is 14.5. The second kappa shape index (κ2) is 13.9. The van der Waals surface area contributed by atoms with E-state index in [0.29, 0.717) is 48.1 Å². The van der Waals surface area contributed by atoms with Crippen molar-refractivity contribution in [3.05, 3.63) is 46.6 Å². The molecule has 0 unspecified atom stereocenters. The number of amides is 2. The van der Waals surface area contributed by atoms with E-state index in [9.17, 15) is 14.4 Å². The van der Waals surface area contributed by atoms with Crippen LogP contribution in [0.15, 0.2) is 30.3 Å². The Morgan fingerprint density at radius 2 is 1.71 bits per heavy atom. The molecule has 3 fully saturated rings. The van der Waals surface area contributed by atoms with Crippen molar-refractivity contribution in [1.82, 2.24) is 20.4 Å². The van der Waals surface area contributed by atoms with Crippen LogP contribution in [0.2, 0.25) is 5.02 Å². The Bertz CT molecular complexity index is 1310. The third kappa shape index (κ3) is 7.75. The lowest BCUT2D eigenvalue weighted by molar-refractivity contribution is -0.141. The SMILES string of the molecule is N#Cc1ccc(OC2CCC(NC(=O)c3ccc(N4CCC(OCC(=O)N5CCC(=O)CC5)CC4)nn3)CC2)cc1Cl. The Hall–Kier alpha value is -3.75. The van der Waals surface area contributed by atoms with Gasteiger partial charge >= 0.3 is 0 Å². The first-order chi connectivity index (χ1) is 20.4. The van der Waals surface area contributed by atoms with Crippen LogP contribution in [0.25, 0.3) is 0 Å². The number of hydrogen-bond donors (Lipinski definition) is 1. The van der Waals surface area contributed by atoms with Crippen LogP contribution in [0.5, 0.6) is 5.75 Å². The topological polar surface area (TPSA) is 138 Å². The summed E-state index contributed by atoms with van der Waals surface area (Å²) >= 11 is 6.10. The highest BCUT2D eigenvalue weighted by atomic mass is 35.5. The van der Waals surface area contributed by atoms with Gasteiger partial charge in [0.1, 0.15) is 24.2 Å². The number of aromatic nitrogens is 2. The second-order valence-electron chi connectivity index (χ2n) is 11.0. The van der Waals surface area contributed by atoms with Crippen LogP contribution in [0.4, 0.5) is 5.82 Å². The molecule has 2 saturated heterocycles. The fourth-order valence-electron chi connectivity index (χ4n) is 5.59. The highest BCUT2D eigenvalue weighted by Crippen LogP contribution is 2.27. The van der Waals surface area contributed by atoms with Gasteiger partial charge in [0, 0.05) is 51.1 Å². The van der Waals surface area contributed by atoms with E-state index >= 15 is 0 Å². The minimum Gasteiger partial charge on any atom is -0.490 e. The molecule has 2 amide bonds. The maximum atomic E-state index is 12.8. The minimum absolute atomic E-state index is 0.00274. The number of halogens is 1. The first-order valence-corrected chi connectivity index (χ1v) is 14.9. The molecule has 12 heteroatoms. The number of nitriles is 1. The van der Waals surface area contributed by atoms with Crippen LogP contribution < -0.4 is 15.0 Å². The lowest BCUT2D eigenvalue weighted by atomic mass is 9.93. The van der Waals surface area contributed by atoms with Gasteiger partial charge in [-0.3, -0.25) is 14.4 Å². The molecule has 1 saturated carbocycles. The highest BCUT2D eigenvalue weighted by Gasteiger charge is 2.27. The molecule has 2 aliphatic heterocycles. The van der Waals surface area contributed by atoms with E-state index in [1.54, 1.807) is 29.2 Å². The number of nitrogens with one attached hydrogen (secondary N) is 1. The summed E-state index contributed by atoms with van der Waals surface area (Å²) in [6.45, 7) is 2.45. The summed E-state index contributed by atoms with van der Waals surface area (Å²) in [6, 6.07) is 10.7. The van der Waals surface area contributed by atoms with Gasteiger partial charge in [0.05, 0.1) is 22.8 Å². The Labute approximate surface area is 250 Å². The lowest BCUT2D eigenvalue weighted by Crippen LogP contribution is -2.42. The van der Waals surface area contributed by atoms with E-state index in [-0.39, 0.29) is 48.1 Å². The Morgan fingerprint density at radius 1 is 0.976 bits per heavy atom. The van der Waals surface area contributed by atoms with Crippen molar-refractivity contribution in [1.29, 1.82) is 5.26 Å². The van der Waals surface area contributed by atoms with Crippen molar-refractivity contribution >= 4 is 35.0 Å². The van der Waals surface area contributed by atoms with E-state index in [0.717, 1.165) is 51.6 Å². The summed E-state index contributed by atoms with van der Waals surface area (Å²) in [5.41, 5.74) is 0.695. The number of benzene rings is 1. The number of carbonyl (C=O) groups is 3. The summed E-state index contributed by atoms with van der Waals surface area (Å²) < 4.78 is 11.9. The Balaban J connectivity index is 1.01. The van der Waals surface area contributed by atoms with Gasteiger partial charge in [-0.2, -0.15) is 5.26 Å². The molecule has 3 aliphatic rings. The minimum atomic E-state index is -0.243. The summed E-state index contributed by atoms with van der Waals surface area (Å²) in [7, 11) is 0. The maximum Gasteiger partial charge on any atom is 0.272 e. The van der Waals surface area contributed by atoms with E-state index in [1.807, 2.05) is 12.1 Å². The van der Waals surface area contributed by atoms with Crippen LogP contribution in [0.3, 0.4) is 0 Å². The predicted octanol–water partition coefficient (Wildman–Crippen LogP) is 3.30. The summed E-state index contributed by atoms with van der Waals surface area (Å²) in [6.07, 6.45) is 5.57. The number of piperidine rings is 2. The molecule has 1 aromatic heterocycles. The smallest absolute Gasteiger partial charge is 0.272 e.